The zero-order chi connectivity index (χ0) is 24.5. The molecule has 3 heteroatoms. The van der Waals surface area contributed by atoms with Gasteiger partial charge in [-0.25, -0.2) is 0 Å². The average Bonchev–Trinajstić information content (AvgIpc) is 2.87. The van der Waals surface area contributed by atoms with E-state index in [1.54, 1.807) is 6.08 Å². The molecular formula is C32H31NO2. The van der Waals surface area contributed by atoms with Crippen LogP contribution in [0.25, 0.3) is 5.57 Å². The van der Waals surface area contributed by atoms with E-state index < -0.39 is 0 Å². The van der Waals surface area contributed by atoms with Crippen LogP contribution in [-0.4, -0.2) is 25.0 Å². The predicted octanol–water partition coefficient (Wildman–Crippen LogP) is 6.87. The van der Waals surface area contributed by atoms with Gasteiger partial charge in [0.15, 0.2) is 0 Å². The summed E-state index contributed by atoms with van der Waals surface area (Å²) in [4.78, 5) is 0. The molecule has 1 aliphatic carbocycles. The van der Waals surface area contributed by atoms with Gasteiger partial charge in [0.05, 0.1) is 18.8 Å². The second kappa shape index (κ2) is 12.0. The molecule has 0 atom stereocenters. The Hall–Kier alpha value is -3.87. The van der Waals surface area contributed by atoms with Gasteiger partial charge in [0.1, 0.15) is 11.9 Å². The van der Waals surface area contributed by atoms with E-state index in [9.17, 15) is 0 Å². The standard InChI is InChI=1S/C32H31NO2/c1-3-4-12-28-23-26(15-16-32(28)35-29-17-19-34-20-18-29)30-14-9-8-13-27(21-24(30)2)31(33)22-25-10-6-5-7-11-25/h3,5-11,14-16,21,23,29,33H,1-2,13,17-20,22H2. The Balaban J connectivity index is 1.59. The van der Waals surface area contributed by atoms with Gasteiger partial charge in [-0.3, -0.25) is 0 Å². The van der Waals surface area contributed by atoms with E-state index in [1.807, 2.05) is 36.4 Å². The fourth-order valence-electron chi connectivity index (χ4n) is 4.22. The number of benzene rings is 2. The number of allylic oxidation sites excluding steroid dienone is 8. The Bertz CT molecular complexity index is 1250. The summed E-state index contributed by atoms with van der Waals surface area (Å²) >= 11 is 0. The van der Waals surface area contributed by atoms with Crippen molar-refractivity contribution < 1.29 is 9.47 Å². The van der Waals surface area contributed by atoms with Crippen LogP contribution in [0.3, 0.4) is 0 Å². The lowest BCUT2D eigenvalue weighted by atomic mass is 9.90. The lowest BCUT2D eigenvalue weighted by Gasteiger charge is -2.24. The molecule has 0 bridgehead atoms. The van der Waals surface area contributed by atoms with Gasteiger partial charge in [-0.05, 0) is 58.6 Å². The quantitative estimate of drug-likeness (QED) is 0.377. The predicted molar refractivity (Wildman–Crippen MR) is 145 cm³/mol. The van der Waals surface area contributed by atoms with E-state index in [0.717, 1.165) is 65.2 Å². The maximum Gasteiger partial charge on any atom is 0.135 e. The minimum atomic E-state index is 0.138. The maximum absolute atomic E-state index is 8.69. The summed E-state index contributed by atoms with van der Waals surface area (Å²) in [5, 5.41) is 8.69. The van der Waals surface area contributed by atoms with Crippen LogP contribution in [-0.2, 0) is 11.2 Å². The minimum Gasteiger partial charge on any atom is -0.489 e. The van der Waals surface area contributed by atoms with Crippen LogP contribution in [0.2, 0.25) is 0 Å². The van der Waals surface area contributed by atoms with Crippen LogP contribution in [0.4, 0.5) is 0 Å². The Kier molecular flexibility index (Phi) is 8.33. The fourth-order valence-corrected chi connectivity index (χ4v) is 4.22. The van der Waals surface area contributed by atoms with E-state index in [4.69, 9.17) is 14.9 Å². The first-order chi connectivity index (χ1) is 17.1. The molecule has 176 valence electrons. The van der Waals surface area contributed by atoms with Crippen molar-refractivity contribution in [1.29, 1.82) is 5.41 Å². The summed E-state index contributed by atoms with van der Waals surface area (Å²) in [5.41, 5.74) is 6.45. The Morgan fingerprint density at radius 3 is 2.71 bits per heavy atom. The highest BCUT2D eigenvalue weighted by atomic mass is 16.5. The number of nitrogens with one attached hydrogen (secondary N) is 1. The van der Waals surface area contributed by atoms with E-state index in [0.29, 0.717) is 18.6 Å². The first-order valence-electron chi connectivity index (χ1n) is 12.0. The monoisotopic (exact) mass is 461 g/mol. The molecule has 2 aromatic rings. The lowest BCUT2D eigenvalue weighted by Crippen LogP contribution is -2.26. The van der Waals surface area contributed by atoms with Gasteiger partial charge in [0.2, 0.25) is 0 Å². The smallest absolute Gasteiger partial charge is 0.135 e. The van der Waals surface area contributed by atoms with Crippen molar-refractivity contribution in [3.63, 3.8) is 0 Å². The van der Waals surface area contributed by atoms with Crippen molar-refractivity contribution in [2.45, 2.75) is 31.8 Å². The van der Waals surface area contributed by atoms with E-state index in [-0.39, 0.29) is 6.10 Å². The summed E-state index contributed by atoms with van der Waals surface area (Å²) in [6.07, 6.45) is 13.1. The molecule has 35 heavy (non-hydrogen) atoms. The number of hydrogen-bond acceptors (Lipinski definition) is 3. The largest absolute Gasteiger partial charge is 0.489 e. The molecule has 0 amide bonds. The van der Waals surface area contributed by atoms with Crippen molar-refractivity contribution in [1.82, 2.24) is 0 Å². The molecule has 4 rings (SSSR count). The average molecular weight is 462 g/mol. The SMILES string of the molecule is C=CC#Cc1cc(C2=CC=CCC(C(=N)Cc3ccccc3)=CC2=C)ccc1OC1CCOCC1. The summed E-state index contributed by atoms with van der Waals surface area (Å²) in [6, 6.07) is 16.2. The highest BCUT2D eigenvalue weighted by Crippen LogP contribution is 2.31. The first-order valence-corrected chi connectivity index (χ1v) is 12.0. The van der Waals surface area contributed by atoms with Gasteiger partial charge in [-0.1, -0.05) is 79.6 Å². The van der Waals surface area contributed by atoms with Crippen LogP contribution < -0.4 is 4.74 Å². The van der Waals surface area contributed by atoms with Gasteiger partial charge in [0.25, 0.3) is 0 Å². The third kappa shape index (κ3) is 6.59. The number of ether oxygens (including phenoxy) is 2. The Labute approximate surface area is 208 Å². The van der Waals surface area contributed by atoms with Gasteiger partial charge in [0, 0.05) is 25.0 Å². The molecule has 0 aromatic heterocycles. The van der Waals surface area contributed by atoms with Crippen LogP contribution in [0, 0.1) is 17.3 Å². The second-order valence-corrected chi connectivity index (χ2v) is 8.66. The van der Waals surface area contributed by atoms with Crippen LogP contribution >= 0.6 is 0 Å². The highest BCUT2D eigenvalue weighted by Gasteiger charge is 2.18. The van der Waals surface area contributed by atoms with Crippen LogP contribution in [0.1, 0.15) is 36.0 Å². The van der Waals surface area contributed by atoms with Gasteiger partial charge in [-0.2, -0.15) is 0 Å². The molecule has 3 nitrogen and oxygen atoms in total. The molecule has 1 saturated heterocycles. The molecule has 2 aromatic carbocycles. The molecule has 1 aliphatic heterocycles. The van der Waals surface area contributed by atoms with Crippen LogP contribution in [0.15, 0.2) is 103 Å². The van der Waals surface area contributed by atoms with Crippen molar-refractivity contribution in [2.75, 3.05) is 13.2 Å². The molecule has 1 N–H and O–H groups in total. The third-order valence-electron chi connectivity index (χ3n) is 6.10. The van der Waals surface area contributed by atoms with Crippen molar-refractivity contribution in [3.8, 4) is 17.6 Å². The third-order valence-corrected chi connectivity index (χ3v) is 6.10. The highest BCUT2D eigenvalue weighted by molar-refractivity contribution is 6.01. The van der Waals surface area contributed by atoms with Crippen molar-refractivity contribution >= 4 is 11.3 Å². The maximum atomic E-state index is 8.69. The molecule has 1 fully saturated rings. The Morgan fingerprint density at radius 1 is 1.14 bits per heavy atom. The molecule has 0 unspecified atom stereocenters. The number of hydrogen-bond donors (Lipinski definition) is 1. The molecule has 2 aliphatic rings. The van der Waals surface area contributed by atoms with Crippen molar-refractivity contribution in [3.05, 3.63) is 120 Å². The number of rotatable bonds is 6. The van der Waals surface area contributed by atoms with Gasteiger partial charge in [-0.15, -0.1) is 0 Å². The summed E-state index contributed by atoms with van der Waals surface area (Å²) in [7, 11) is 0. The molecule has 0 saturated carbocycles. The molecule has 0 radical (unpaired) electrons. The van der Waals surface area contributed by atoms with E-state index in [1.165, 1.54) is 0 Å². The minimum absolute atomic E-state index is 0.138. The molecule has 0 spiro atoms. The fraction of sp³-hybridized carbons (Fsp3) is 0.219. The summed E-state index contributed by atoms with van der Waals surface area (Å²) in [5.74, 6) is 6.93. The zero-order valence-corrected chi connectivity index (χ0v) is 20.1. The zero-order valence-electron chi connectivity index (χ0n) is 20.1. The second-order valence-electron chi connectivity index (χ2n) is 8.66. The first kappa shape index (κ1) is 24.3. The lowest BCUT2D eigenvalue weighted by molar-refractivity contribution is 0.0254. The van der Waals surface area contributed by atoms with E-state index >= 15 is 0 Å². The van der Waals surface area contributed by atoms with Gasteiger partial charge >= 0.3 is 0 Å². The summed E-state index contributed by atoms with van der Waals surface area (Å²) < 4.78 is 11.7. The summed E-state index contributed by atoms with van der Waals surface area (Å²) in [6.45, 7) is 9.53. The Morgan fingerprint density at radius 2 is 1.94 bits per heavy atom. The van der Waals surface area contributed by atoms with E-state index in [2.05, 4.69) is 61.4 Å². The normalized spacial score (nSPS) is 16.2. The topological polar surface area (TPSA) is 42.3 Å². The van der Waals surface area contributed by atoms with Crippen molar-refractivity contribution in [2.24, 2.45) is 0 Å². The van der Waals surface area contributed by atoms with Gasteiger partial charge < -0.3 is 14.9 Å². The molecule has 1 heterocycles. The van der Waals surface area contributed by atoms with Crippen LogP contribution in [0.5, 0.6) is 5.75 Å². The molecular weight excluding hydrogens is 430 g/mol.